The zero-order valence-electron chi connectivity index (χ0n) is 11.2. The van der Waals surface area contributed by atoms with Crippen LogP contribution in [0.3, 0.4) is 0 Å². The van der Waals surface area contributed by atoms with E-state index in [4.69, 9.17) is 11.6 Å². The molecule has 0 radical (unpaired) electrons. The van der Waals surface area contributed by atoms with Crippen molar-refractivity contribution >= 4 is 27.5 Å². The van der Waals surface area contributed by atoms with Gasteiger partial charge in [0.25, 0.3) is 0 Å². The van der Waals surface area contributed by atoms with E-state index in [1.54, 1.807) is 0 Å². The Bertz CT molecular complexity index is 461. The molecule has 2 unspecified atom stereocenters. The highest BCUT2D eigenvalue weighted by molar-refractivity contribution is 9.10. The van der Waals surface area contributed by atoms with Crippen molar-refractivity contribution in [3.63, 3.8) is 0 Å². The number of halogens is 2. The van der Waals surface area contributed by atoms with Gasteiger partial charge in [-0.2, -0.15) is 0 Å². The Morgan fingerprint density at radius 1 is 1.37 bits per heavy atom. The van der Waals surface area contributed by atoms with Crippen LogP contribution in [0, 0.1) is 5.92 Å². The fourth-order valence-electron chi connectivity index (χ4n) is 3.33. The van der Waals surface area contributed by atoms with Gasteiger partial charge in [0.1, 0.15) is 0 Å². The van der Waals surface area contributed by atoms with Crippen molar-refractivity contribution in [2.45, 2.75) is 31.3 Å². The summed E-state index contributed by atoms with van der Waals surface area (Å²) in [6.45, 7) is 2.33. The van der Waals surface area contributed by atoms with Crippen molar-refractivity contribution in [1.82, 2.24) is 10.2 Å². The molecule has 0 aromatic heterocycles. The minimum atomic E-state index is 0.550. The standard InChI is InChI=1S/C15H20BrClN2/c1-18-9-11-6-7-19(12-3-4-12)15(11)10-2-5-14(17)13(16)8-10/h2,5,8,11-12,15,18H,3-4,6-7,9H2,1H3. The highest BCUT2D eigenvalue weighted by Gasteiger charge is 2.42. The fraction of sp³-hybridized carbons (Fsp3) is 0.600. The SMILES string of the molecule is CNCC1CCN(C2CC2)C1c1ccc(Cl)c(Br)c1. The summed E-state index contributed by atoms with van der Waals surface area (Å²) in [5, 5.41) is 4.15. The molecule has 1 saturated carbocycles. The number of hydrogen-bond acceptors (Lipinski definition) is 2. The van der Waals surface area contributed by atoms with E-state index in [1.165, 1.54) is 31.4 Å². The van der Waals surface area contributed by atoms with Crippen LogP contribution in [0.1, 0.15) is 30.9 Å². The van der Waals surface area contributed by atoms with Gasteiger partial charge in [0.15, 0.2) is 0 Å². The molecule has 1 aromatic carbocycles. The average molecular weight is 344 g/mol. The first kappa shape index (κ1) is 13.9. The third-order valence-electron chi connectivity index (χ3n) is 4.33. The highest BCUT2D eigenvalue weighted by Crippen LogP contribution is 2.44. The summed E-state index contributed by atoms with van der Waals surface area (Å²) < 4.78 is 1.01. The molecule has 1 aliphatic carbocycles. The Morgan fingerprint density at radius 2 is 2.16 bits per heavy atom. The molecule has 2 nitrogen and oxygen atoms in total. The van der Waals surface area contributed by atoms with Gasteiger partial charge in [-0.05, 0) is 78.9 Å². The minimum Gasteiger partial charge on any atom is -0.319 e. The summed E-state index contributed by atoms with van der Waals surface area (Å²) in [4.78, 5) is 2.71. The van der Waals surface area contributed by atoms with Crippen molar-refractivity contribution in [3.8, 4) is 0 Å². The van der Waals surface area contributed by atoms with Crippen molar-refractivity contribution < 1.29 is 0 Å². The minimum absolute atomic E-state index is 0.550. The lowest BCUT2D eigenvalue weighted by Crippen LogP contribution is -2.30. The van der Waals surface area contributed by atoms with Crippen LogP contribution in [0.25, 0.3) is 0 Å². The van der Waals surface area contributed by atoms with Gasteiger partial charge in [0, 0.05) is 16.6 Å². The maximum Gasteiger partial charge on any atom is 0.0548 e. The van der Waals surface area contributed by atoms with E-state index in [1.807, 2.05) is 6.07 Å². The molecule has 0 amide bonds. The van der Waals surface area contributed by atoms with Crippen molar-refractivity contribution in [3.05, 3.63) is 33.3 Å². The van der Waals surface area contributed by atoms with Gasteiger partial charge >= 0.3 is 0 Å². The summed E-state index contributed by atoms with van der Waals surface area (Å²) in [5.41, 5.74) is 1.40. The summed E-state index contributed by atoms with van der Waals surface area (Å²) >= 11 is 9.68. The first-order valence-corrected chi connectivity index (χ1v) is 8.23. The second kappa shape index (κ2) is 5.72. The average Bonchev–Trinajstić information content (AvgIpc) is 3.15. The van der Waals surface area contributed by atoms with Crippen molar-refractivity contribution in [1.29, 1.82) is 0 Å². The molecule has 3 rings (SSSR count). The van der Waals surface area contributed by atoms with Gasteiger partial charge in [0.2, 0.25) is 0 Å². The van der Waals surface area contributed by atoms with E-state index in [2.05, 4.69) is 45.3 Å². The molecule has 4 heteroatoms. The normalized spacial score (nSPS) is 27.9. The largest absolute Gasteiger partial charge is 0.319 e. The molecule has 0 spiro atoms. The molecule has 2 atom stereocenters. The van der Waals surface area contributed by atoms with E-state index < -0.39 is 0 Å². The quantitative estimate of drug-likeness (QED) is 0.893. The molecular formula is C15H20BrClN2. The van der Waals surface area contributed by atoms with E-state index in [9.17, 15) is 0 Å². The van der Waals surface area contributed by atoms with Crippen LogP contribution in [0.2, 0.25) is 5.02 Å². The second-order valence-corrected chi connectivity index (χ2v) is 6.96. The van der Waals surface area contributed by atoms with Gasteiger partial charge in [-0.1, -0.05) is 17.7 Å². The Morgan fingerprint density at radius 3 is 2.79 bits per heavy atom. The van der Waals surface area contributed by atoms with Crippen LogP contribution in [-0.2, 0) is 0 Å². The van der Waals surface area contributed by atoms with E-state index in [0.29, 0.717) is 12.0 Å². The van der Waals surface area contributed by atoms with Gasteiger partial charge in [-0.15, -0.1) is 0 Å². The van der Waals surface area contributed by atoms with Gasteiger partial charge in [-0.25, -0.2) is 0 Å². The van der Waals surface area contributed by atoms with Crippen LogP contribution < -0.4 is 5.32 Å². The van der Waals surface area contributed by atoms with Crippen LogP contribution in [-0.4, -0.2) is 31.1 Å². The number of nitrogens with zero attached hydrogens (tertiary/aromatic N) is 1. The molecule has 0 bridgehead atoms. The predicted octanol–water partition coefficient (Wildman–Crippen LogP) is 3.85. The number of nitrogens with one attached hydrogen (secondary N) is 1. The zero-order chi connectivity index (χ0) is 13.4. The lowest BCUT2D eigenvalue weighted by molar-refractivity contribution is 0.217. The maximum absolute atomic E-state index is 6.12. The topological polar surface area (TPSA) is 15.3 Å². The molecule has 19 heavy (non-hydrogen) atoms. The molecule has 1 aromatic rings. The summed E-state index contributed by atoms with van der Waals surface area (Å²) in [5.74, 6) is 0.707. The molecule has 1 saturated heterocycles. The molecular weight excluding hydrogens is 324 g/mol. The van der Waals surface area contributed by atoms with E-state index in [-0.39, 0.29) is 0 Å². The molecule has 104 valence electrons. The fourth-order valence-corrected chi connectivity index (χ4v) is 3.85. The van der Waals surface area contributed by atoms with Crippen molar-refractivity contribution in [2.75, 3.05) is 20.1 Å². The molecule has 1 aliphatic heterocycles. The Hall–Kier alpha value is -0.0900. The van der Waals surface area contributed by atoms with Crippen LogP contribution in [0.4, 0.5) is 0 Å². The number of benzene rings is 1. The zero-order valence-corrected chi connectivity index (χ0v) is 13.5. The van der Waals surface area contributed by atoms with E-state index >= 15 is 0 Å². The predicted molar refractivity (Wildman–Crippen MR) is 83.7 cm³/mol. The first-order chi connectivity index (χ1) is 9.20. The molecule has 2 fully saturated rings. The highest BCUT2D eigenvalue weighted by atomic mass is 79.9. The maximum atomic E-state index is 6.12. The van der Waals surface area contributed by atoms with Crippen LogP contribution in [0.15, 0.2) is 22.7 Å². The lowest BCUT2D eigenvalue weighted by Gasteiger charge is -2.29. The Labute approximate surface area is 128 Å². The van der Waals surface area contributed by atoms with E-state index in [0.717, 1.165) is 22.1 Å². The third-order valence-corrected chi connectivity index (χ3v) is 5.54. The molecule has 2 aliphatic rings. The first-order valence-electron chi connectivity index (χ1n) is 7.06. The Balaban J connectivity index is 1.89. The number of likely N-dealkylation sites (tertiary alicyclic amines) is 1. The van der Waals surface area contributed by atoms with Crippen LogP contribution in [0.5, 0.6) is 0 Å². The molecule has 1 heterocycles. The second-order valence-electron chi connectivity index (χ2n) is 5.69. The summed E-state index contributed by atoms with van der Waals surface area (Å²) in [6, 6.07) is 7.79. The molecule has 1 N–H and O–H groups in total. The van der Waals surface area contributed by atoms with Crippen molar-refractivity contribution in [2.24, 2.45) is 5.92 Å². The number of hydrogen-bond donors (Lipinski definition) is 1. The van der Waals surface area contributed by atoms with Gasteiger partial charge in [0.05, 0.1) is 5.02 Å². The third kappa shape index (κ3) is 2.85. The summed E-state index contributed by atoms with van der Waals surface area (Å²) in [6.07, 6.45) is 4.04. The number of rotatable bonds is 4. The van der Waals surface area contributed by atoms with Crippen LogP contribution >= 0.6 is 27.5 Å². The lowest BCUT2D eigenvalue weighted by atomic mass is 9.93. The Kier molecular flexibility index (Phi) is 4.18. The van der Waals surface area contributed by atoms with Gasteiger partial charge in [-0.3, -0.25) is 4.90 Å². The monoisotopic (exact) mass is 342 g/mol. The smallest absolute Gasteiger partial charge is 0.0548 e. The summed E-state index contributed by atoms with van der Waals surface area (Å²) in [7, 11) is 2.05. The van der Waals surface area contributed by atoms with Gasteiger partial charge < -0.3 is 5.32 Å².